The summed E-state index contributed by atoms with van der Waals surface area (Å²) in [4.78, 5) is 35.4. The van der Waals surface area contributed by atoms with Crippen molar-refractivity contribution in [1.82, 2.24) is 15.1 Å². The highest BCUT2D eigenvalue weighted by Crippen LogP contribution is 2.44. The number of aromatic nitrogens is 2. The number of ether oxygens (including phenoxy) is 1. The summed E-state index contributed by atoms with van der Waals surface area (Å²) in [6.45, 7) is -0.243. The van der Waals surface area contributed by atoms with Crippen LogP contribution < -0.4 is 10.6 Å². The van der Waals surface area contributed by atoms with Crippen molar-refractivity contribution in [3.63, 3.8) is 0 Å². The summed E-state index contributed by atoms with van der Waals surface area (Å²) < 4.78 is 6.60. The van der Waals surface area contributed by atoms with Crippen molar-refractivity contribution in [1.29, 1.82) is 0 Å². The van der Waals surface area contributed by atoms with Gasteiger partial charge >= 0.3 is 12.1 Å². The van der Waals surface area contributed by atoms with Crippen LogP contribution in [0, 0.1) is 0 Å². The molecule has 1 aromatic heterocycles. The van der Waals surface area contributed by atoms with E-state index >= 15 is 0 Å². The number of carbonyl (C=O) groups is 3. The average Bonchev–Trinajstić information content (AvgIpc) is 3.29. The molecule has 0 radical (unpaired) electrons. The molecular formula is C22H20N4O5. The van der Waals surface area contributed by atoms with E-state index in [1.807, 2.05) is 48.5 Å². The van der Waals surface area contributed by atoms with Crippen LogP contribution in [0.25, 0.3) is 11.1 Å². The smallest absolute Gasteiger partial charge is 0.407 e. The van der Waals surface area contributed by atoms with Crippen molar-refractivity contribution >= 4 is 23.8 Å². The zero-order chi connectivity index (χ0) is 22.0. The molecule has 1 aliphatic rings. The summed E-state index contributed by atoms with van der Waals surface area (Å²) in [5.74, 6) is -1.86. The molecule has 0 saturated heterocycles. The lowest BCUT2D eigenvalue weighted by Crippen LogP contribution is -2.34. The molecule has 0 bridgehead atoms. The van der Waals surface area contributed by atoms with E-state index in [0.717, 1.165) is 28.5 Å². The first kappa shape index (κ1) is 20.1. The Kier molecular flexibility index (Phi) is 5.40. The number of nitrogens with one attached hydrogen (secondary N) is 2. The largest absolute Gasteiger partial charge is 0.477 e. The van der Waals surface area contributed by atoms with Gasteiger partial charge in [0.05, 0.1) is 6.20 Å². The molecule has 0 unspecified atom stereocenters. The van der Waals surface area contributed by atoms with Crippen molar-refractivity contribution in [3.8, 4) is 11.1 Å². The Bertz CT molecular complexity index is 1120. The van der Waals surface area contributed by atoms with Gasteiger partial charge in [0.15, 0.2) is 0 Å². The van der Waals surface area contributed by atoms with Gasteiger partial charge in [-0.1, -0.05) is 48.5 Å². The first-order valence-electron chi connectivity index (χ1n) is 9.59. The first-order chi connectivity index (χ1) is 15.0. The summed E-state index contributed by atoms with van der Waals surface area (Å²) in [7, 11) is 1.50. The third kappa shape index (κ3) is 3.97. The van der Waals surface area contributed by atoms with Crippen LogP contribution in [-0.2, 0) is 16.6 Å². The molecule has 0 aliphatic heterocycles. The van der Waals surface area contributed by atoms with Gasteiger partial charge in [0, 0.05) is 13.0 Å². The summed E-state index contributed by atoms with van der Waals surface area (Å²) in [6, 6.07) is 16.0. The van der Waals surface area contributed by atoms with Crippen molar-refractivity contribution in [2.75, 3.05) is 18.5 Å². The van der Waals surface area contributed by atoms with Crippen molar-refractivity contribution in [2.24, 2.45) is 7.05 Å². The maximum absolute atomic E-state index is 12.1. The molecule has 2 amide bonds. The highest BCUT2D eigenvalue weighted by atomic mass is 16.5. The van der Waals surface area contributed by atoms with Gasteiger partial charge in [0.1, 0.15) is 24.5 Å². The number of carboxylic acid groups (broad SMARTS) is 1. The van der Waals surface area contributed by atoms with Crippen LogP contribution in [0.2, 0.25) is 0 Å². The van der Waals surface area contributed by atoms with Gasteiger partial charge in [-0.25, -0.2) is 9.59 Å². The van der Waals surface area contributed by atoms with Gasteiger partial charge in [-0.3, -0.25) is 9.48 Å². The van der Waals surface area contributed by atoms with Crippen LogP contribution in [0.15, 0.2) is 54.7 Å². The Labute approximate surface area is 177 Å². The molecule has 4 rings (SSSR count). The molecule has 2 aromatic carbocycles. The summed E-state index contributed by atoms with van der Waals surface area (Å²) >= 11 is 0. The number of benzene rings is 2. The number of aryl methyl sites for hydroxylation is 1. The Morgan fingerprint density at radius 2 is 1.68 bits per heavy atom. The zero-order valence-corrected chi connectivity index (χ0v) is 16.7. The molecule has 3 N–H and O–H groups in total. The summed E-state index contributed by atoms with van der Waals surface area (Å²) in [6.07, 6.45) is 0.400. The summed E-state index contributed by atoms with van der Waals surface area (Å²) in [5.41, 5.74) is 4.28. The van der Waals surface area contributed by atoms with Crippen molar-refractivity contribution < 1.29 is 24.2 Å². The molecule has 3 aromatic rings. The molecular weight excluding hydrogens is 400 g/mol. The average molecular weight is 420 g/mol. The number of carbonyl (C=O) groups excluding carboxylic acids is 2. The predicted molar refractivity (Wildman–Crippen MR) is 112 cm³/mol. The molecule has 9 nitrogen and oxygen atoms in total. The second-order valence-electron chi connectivity index (χ2n) is 7.06. The van der Waals surface area contributed by atoms with Gasteiger partial charge in [0.25, 0.3) is 0 Å². The molecule has 158 valence electrons. The van der Waals surface area contributed by atoms with E-state index in [9.17, 15) is 14.4 Å². The lowest BCUT2D eigenvalue weighted by molar-refractivity contribution is -0.115. The fraction of sp³-hybridized carbons (Fsp3) is 0.182. The minimum atomic E-state index is -1.21. The number of aromatic carboxylic acids is 1. The minimum Gasteiger partial charge on any atom is -0.477 e. The van der Waals surface area contributed by atoms with Crippen molar-refractivity contribution in [3.05, 3.63) is 71.4 Å². The van der Waals surface area contributed by atoms with E-state index < -0.39 is 18.0 Å². The maximum Gasteiger partial charge on any atom is 0.407 e. The van der Waals surface area contributed by atoms with Gasteiger partial charge in [-0.05, 0) is 22.3 Å². The van der Waals surface area contributed by atoms with Gasteiger partial charge < -0.3 is 20.5 Å². The number of fused-ring (bicyclic) bond motifs is 3. The molecule has 0 fully saturated rings. The molecule has 9 heteroatoms. The second-order valence-corrected chi connectivity index (χ2v) is 7.06. The van der Waals surface area contributed by atoms with E-state index in [2.05, 4.69) is 15.7 Å². The fourth-order valence-electron chi connectivity index (χ4n) is 3.72. The Balaban J connectivity index is 1.34. The molecule has 31 heavy (non-hydrogen) atoms. The summed E-state index contributed by atoms with van der Waals surface area (Å²) in [5, 5.41) is 17.7. The van der Waals surface area contributed by atoms with E-state index in [1.54, 1.807) is 0 Å². The third-order valence-corrected chi connectivity index (χ3v) is 5.16. The molecule has 1 aliphatic carbocycles. The Hall–Kier alpha value is -4.14. The highest BCUT2D eigenvalue weighted by molar-refractivity contribution is 6.00. The number of carboxylic acids is 1. The van der Waals surface area contributed by atoms with Gasteiger partial charge in [-0.2, -0.15) is 5.10 Å². The van der Waals surface area contributed by atoms with Crippen LogP contribution in [0.5, 0.6) is 0 Å². The normalized spacial score (nSPS) is 12.0. The third-order valence-electron chi connectivity index (χ3n) is 5.16. The number of nitrogens with zero attached hydrogens (tertiary/aromatic N) is 2. The molecule has 0 atom stereocenters. The van der Waals surface area contributed by atoms with Crippen LogP contribution in [0.4, 0.5) is 10.6 Å². The second kappa shape index (κ2) is 8.31. The number of amides is 2. The van der Waals surface area contributed by atoms with E-state index in [1.165, 1.54) is 11.7 Å². The van der Waals surface area contributed by atoms with Gasteiger partial charge in [-0.15, -0.1) is 0 Å². The van der Waals surface area contributed by atoms with Crippen LogP contribution >= 0.6 is 0 Å². The molecule has 0 spiro atoms. The van der Waals surface area contributed by atoms with E-state index in [4.69, 9.17) is 9.84 Å². The number of alkyl carbamates (subject to hydrolysis) is 1. The first-order valence-corrected chi connectivity index (χ1v) is 9.59. The predicted octanol–water partition coefficient (Wildman–Crippen LogP) is 2.60. The number of hydrogen-bond acceptors (Lipinski definition) is 5. The van der Waals surface area contributed by atoms with Gasteiger partial charge in [0.2, 0.25) is 5.91 Å². The quantitative estimate of drug-likeness (QED) is 0.563. The molecule has 0 saturated carbocycles. The lowest BCUT2D eigenvalue weighted by atomic mass is 9.98. The standard InChI is InChI=1S/C22H20N4O5/c1-26-20(17(10-24-26)21(28)29)25-19(27)11-23-22(30)31-12-18-15-8-4-2-6-13(15)14-7-3-5-9-16(14)18/h2-10,18H,11-12H2,1H3,(H,23,30)(H,25,27)(H,28,29). The monoisotopic (exact) mass is 420 g/mol. The maximum atomic E-state index is 12.1. The Morgan fingerprint density at radius 1 is 1.06 bits per heavy atom. The topological polar surface area (TPSA) is 123 Å². The zero-order valence-electron chi connectivity index (χ0n) is 16.7. The highest BCUT2D eigenvalue weighted by Gasteiger charge is 2.29. The lowest BCUT2D eigenvalue weighted by Gasteiger charge is -2.14. The fourth-order valence-corrected chi connectivity index (χ4v) is 3.72. The Morgan fingerprint density at radius 3 is 2.29 bits per heavy atom. The van der Waals surface area contributed by atoms with Crippen molar-refractivity contribution in [2.45, 2.75) is 5.92 Å². The number of hydrogen-bond donors (Lipinski definition) is 3. The minimum absolute atomic E-state index is 0.0341. The van der Waals surface area contributed by atoms with E-state index in [-0.39, 0.29) is 30.5 Å². The SMILES string of the molecule is Cn1ncc(C(=O)O)c1NC(=O)CNC(=O)OCC1c2ccccc2-c2ccccc21. The van der Waals surface area contributed by atoms with Crippen LogP contribution in [0.3, 0.4) is 0 Å². The van der Waals surface area contributed by atoms with E-state index in [0.29, 0.717) is 0 Å². The van der Waals surface area contributed by atoms with Crippen LogP contribution in [-0.4, -0.2) is 46.0 Å². The number of rotatable bonds is 6. The number of anilines is 1. The molecule has 1 heterocycles. The van der Waals surface area contributed by atoms with Crippen LogP contribution in [0.1, 0.15) is 27.4 Å².